The zero-order valence-electron chi connectivity index (χ0n) is 11.9. The third kappa shape index (κ3) is 3.39. The van der Waals surface area contributed by atoms with Crippen LogP contribution in [0.5, 0.6) is 0 Å². The first-order valence-electron chi connectivity index (χ1n) is 6.58. The predicted octanol–water partition coefficient (Wildman–Crippen LogP) is 0.766. The van der Waals surface area contributed by atoms with Gasteiger partial charge >= 0.3 is 0 Å². The zero-order valence-corrected chi connectivity index (χ0v) is 12.7. The van der Waals surface area contributed by atoms with E-state index in [0.717, 1.165) is 12.6 Å². The van der Waals surface area contributed by atoms with E-state index in [9.17, 15) is 17.6 Å². The summed E-state index contributed by atoms with van der Waals surface area (Å²) in [6.07, 6.45) is 0.696. The molecule has 1 heterocycles. The number of carbonyl (C=O) groups excluding carboxylic acids is 1. The maximum atomic E-state index is 14.1. The highest BCUT2D eigenvalue weighted by Crippen LogP contribution is 2.24. The van der Waals surface area contributed by atoms with Crippen LogP contribution in [-0.4, -0.2) is 44.8 Å². The molecular weight excluding hydrogens is 297 g/mol. The Balaban J connectivity index is 2.29. The van der Waals surface area contributed by atoms with Crippen LogP contribution in [-0.2, 0) is 14.8 Å². The van der Waals surface area contributed by atoms with Gasteiger partial charge < -0.3 is 10.6 Å². The number of nitrogens with zero attached hydrogens (tertiary/aromatic N) is 1. The molecule has 1 fully saturated rings. The lowest BCUT2D eigenvalue weighted by molar-refractivity contribution is -0.114. The molecule has 1 saturated heterocycles. The fraction of sp³-hybridized carbons (Fsp3) is 0.462. The highest BCUT2D eigenvalue weighted by Gasteiger charge is 2.31. The van der Waals surface area contributed by atoms with Crippen molar-refractivity contribution in [3.8, 4) is 0 Å². The summed E-state index contributed by atoms with van der Waals surface area (Å²) >= 11 is 0. The summed E-state index contributed by atoms with van der Waals surface area (Å²) in [7, 11) is -2.44. The summed E-state index contributed by atoms with van der Waals surface area (Å²) in [4.78, 5) is 10.5. The van der Waals surface area contributed by atoms with Gasteiger partial charge in [0.1, 0.15) is 10.7 Å². The highest BCUT2D eigenvalue weighted by molar-refractivity contribution is 7.89. The summed E-state index contributed by atoms with van der Waals surface area (Å²) in [5.74, 6) is -1.22. The molecule has 1 amide bonds. The molecule has 2 rings (SSSR count). The summed E-state index contributed by atoms with van der Waals surface area (Å²) in [6, 6.07) is 3.38. The molecule has 1 atom stereocenters. The minimum absolute atomic E-state index is 0.176. The van der Waals surface area contributed by atoms with Crippen LogP contribution in [0.2, 0.25) is 0 Å². The van der Waals surface area contributed by atoms with Crippen molar-refractivity contribution in [2.24, 2.45) is 0 Å². The number of benzene rings is 1. The number of hydrogen-bond donors (Lipinski definition) is 2. The van der Waals surface area contributed by atoms with Gasteiger partial charge in [-0.1, -0.05) is 0 Å². The monoisotopic (exact) mass is 315 g/mol. The van der Waals surface area contributed by atoms with Gasteiger partial charge in [-0.3, -0.25) is 4.79 Å². The largest absolute Gasteiger partial charge is 0.326 e. The molecule has 6 nitrogen and oxygen atoms in total. The first-order chi connectivity index (χ1) is 9.82. The Morgan fingerprint density at radius 2 is 2.19 bits per heavy atom. The van der Waals surface area contributed by atoms with Crippen LogP contribution in [0.25, 0.3) is 0 Å². The van der Waals surface area contributed by atoms with E-state index in [2.05, 4.69) is 10.6 Å². The maximum absolute atomic E-state index is 14.1. The molecule has 8 heteroatoms. The molecule has 1 aliphatic rings. The molecule has 21 heavy (non-hydrogen) atoms. The summed E-state index contributed by atoms with van der Waals surface area (Å²) in [5.41, 5.74) is 0.226. The van der Waals surface area contributed by atoms with Gasteiger partial charge in [-0.05, 0) is 31.2 Å². The second-order valence-electron chi connectivity index (χ2n) is 4.99. The molecule has 0 radical (unpaired) electrons. The van der Waals surface area contributed by atoms with Crippen molar-refractivity contribution in [3.63, 3.8) is 0 Å². The van der Waals surface area contributed by atoms with E-state index in [0.29, 0.717) is 13.0 Å². The van der Waals surface area contributed by atoms with Gasteiger partial charge in [-0.25, -0.2) is 12.8 Å². The van der Waals surface area contributed by atoms with Crippen molar-refractivity contribution in [1.82, 2.24) is 9.62 Å². The summed E-state index contributed by atoms with van der Waals surface area (Å²) in [6.45, 7) is 2.60. The molecule has 116 valence electrons. The normalized spacial score (nSPS) is 19.0. The standard InChI is InChI=1S/C13H18FN3O3S/c1-9(18)16-10-3-4-13(12(14)7-10)21(19,20)17(2)11-5-6-15-8-11/h3-4,7,11,15H,5-6,8H2,1-2H3,(H,16,18). The zero-order chi connectivity index (χ0) is 15.6. The SMILES string of the molecule is CC(=O)Nc1ccc(S(=O)(=O)N(C)C2CCNC2)c(F)c1. The number of halogens is 1. The number of sulfonamides is 1. The van der Waals surface area contributed by atoms with Gasteiger partial charge in [0.05, 0.1) is 0 Å². The van der Waals surface area contributed by atoms with E-state index in [-0.39, 0.29) is 22.5 Å². The smallest absolute Gasteiger partial charge is 0.246 e. The lowest BCUT2D eigenvalue weighted by atomic mass is 10.3. The summed E-state index contributed by atoms with van der Waals surface area (Å²) in [5, 5.41) is 5.49. The number of likely N-dealkylation sites (N-methyl/N-ethyl adjacent to an activating group) is 1. The van der Waals surface area contributed by atoms with Gasteiger partial charge in [-0.15, -0.1) is 0 Å². The van der Waals surface area contributed by atoms with E-state index in [4.69, 9.17) is 0 Å². The Labute approximate surface area is 123 Å². The Bertz CT molecular complexity index is 642. The van der Waals surface area contributed by atoms with Crippen LogP contribution in [0, 0.1) is 5.82 Å². The Morgan fingerprint density at radius 3 is 2.71 bits per heavy atom. The number of anilines is 1. The molecule has 1 aromatic carbocycles. The molecule has 1 aliphatic heterocycles. The van der Waals surface area contributed by atoms with Crippen LogP contribution in [0.15, 0.2) is 23.1 Å². The molecule has 0 spiro atoms. The second-order valence-corrected chi connectivity index (χ2v) is 6.96. The van der Waals surface area contributed by atoms with Crippen LogP contribution < -0.4 is 10.6 Å². The van der Waals surface area contributed by atoms with Crippen molar-refractivity contribution < 1.29 is 17.6 Å². The third-order valence-corrected chi connectivity index (χ3v) is 5.40. The Morgan fingerprint density at radius 1 is 1.48 bits per heavy atom. The van der Waals surface area contributed by atoms with Gasteiger partial charge in [0.2, 0.25) is 15.9 Å². The molecule has 0 saturated carbocycles. The highest BCUT2D eigenvalue weighted by atomic mass is 32.2. The number of amides is 1. The van der Waals surface area contributed by atoms with Gasteiger partial charge in [0.25, 0.3) is 0 Å². The molecule has 1 aromatic rings. The number of hydrogen-bond acceptors (Lipinski definition) is 4. The molecule has 1 unspecified atom stereocenters. The first-order valence-corrected chi connectivity index (χ1v) is 8.02. The van der Waals surface area contributed by atoms with Crippen LogP contribution in [0.4, 0.5) is 10.1 Å². The Hall–Kier alpha value is -1.51. The Kier molecular flexibility index (Phi) is 4.60. The predicted molar refractivity (Wildman–Crippen MR) is 76.9 cm³/mol. The van der Waals surface area contributed by atoms with Gasteiger partial charge in [0, 0.05) is 32.2 Å². The number of nitrogens with one attached hydrogen (secondary N) is 2. The number of carbonyl (C=O) groups is 1. The van der Waals surface area contributed by atoms with Crippen molar-refractivity contribution in [1.29, 1.82) is 0 Å². The van der Waals surface area contributed by atoms with Crippen LogP contribution in [0.1, 0.15) is 13.3 Å². The molecular formula is C13H18FN3O3S. The van der Waals surface area contributed by atoms with Crippen molar-refractivity contribution in [3.05, 3.63) is 24.0 Å². The molecule has 0 aliphatic carbocycles. The minimum atomic E-state index is -3.89. The molecule has 0 aromatic heterocycles. The number of rotatable bonds is 4. The van der Waals surface area contributed by atoms with E-state index in [1.165, 1.54) is 30.4 Å². The molecule has 0 bridgehead atoms. The van der Waals surface area contributed by atoms with E-state index in [1.807, 2.05) is 0 Å². The van der Waals surface area contributed by atoms with Crippen molar-refractivity contribution in [2.75, 3.05) is 25.5 Å². The van der Waals surface area contributed by atoms with Crippen LogP contribution >= 0.6 is 0 Å². The third-order valence-electron chi connectivity index (χ3n) is 3.46. The van der Waals surface area contributed by atoms with Crippen molar-refractivity contribution in [2.45, 2.75) is 24.3 Å². The fourth-order valence-electron chi connectivity index (χ4n) is 2.29. The van der Waals surface area contributed by atoms with Crippen molar-refractivity contribution >= 4 is 21.6 Å². The average Bonchev–Trinajstić information content (AvgIpc) is 2.90. The topological polar surface area (TPSA) is 78.5 Å². The minimum Gasteiger partial charge on any atom is -0.326 e. The lowest BCUT2D eigenvalue weighted by Gasteiger charge is -2.23. The van der Waals surface area contributed by atoms with Gasteiger partial charge in [-0.2, -0.15) is 4.31 Å². The quantitative estimate of drug-likeness (QED) is 0.860. The van der Waals surface area contributed by atoms with E-state index >= 15 is 0 Å². The fourth-order valence-corrected chi connectivity index (χ4v) is 3.72. The van der Waals surface area contributed by atoms with E-state index < -0.39 is 15.8 Å². The summed E-state index contributed by atoms with van der Waals surface area (Å²) < 4.78 is 40.2. The lowest BCUT2D eigenvalue weighted by Crippen LogP contribution is -2.38. The van der Waals surface area contributed by atoms with Gasteiger partial charge in [0.15, 0.2) is 0 Å². The first kappa shape index (κ1) is 15.9. The average molecular weight is 315 g/mol. The van der Waals surface area contributed by atoms with E-state index in [1.54, 1.807) is 0 Å². The maximum Gasteiger partial charge on any atom is 0.246 e. The molecule has 2 N–H and O–H groups in total. The second kappa shape index (κ2) is 6.08. The van der Waals surface area contributed by atoms with Crippen LogP contribution in [0.3, 0.4) is 0 Å².